The molecule has 0 unspecified atom stereocenters. The van der Waals surface area contributed by atoms with E-state index in [0.29, 0.717) is 12.1 Å². The molecular formula is C11H12F3N. The van der Waals surface area contributed by atoms with Crippen molar-refractivity contribution in [3.05, 3.63) is 41.0 Å². The summed E-state index contributed by atoms with van der Waals surface area (Å²) in [5.74, 6) is 0. The highest BCUT2D eigenvalue weighted by atomic mass is 19.4. The van der Waals surface area contributed by atoms with Gasteiger partial charge >= 0.3 is 6.18 Å². The van der Waals surface area contributed by atoms with E-state index >= 15 is 0 Å². The second kappa shape index (κ2) is 4.49. The van der Waals surface area contributed by atoms with Gasteiger partial charge in [-0.15, -0.1) is 0 Å². The average Bonchev–Trinajstić information content (AvgIpc) is 2.14. The van der Waals surface area contributed by atoms with Crippen molar-refractivity contribution in [3.63, 3.8) is 0 Å². The van der Waals surface area contributed by atoms with E-state index in [1.54, 1.807) is 19.1 Å². The number of benzene rings is 1. The van der Waals surface area contributed by atoms with Crippen LogP contribution in [0.25, 0.3) is 6.08 Å². The smallest absolute Gasteiger partial charge is 0.327 e. The van der Waals surface area contributed by atoms with Crippen LogP contribution in [0, 0.1) is 6.92 Å². The van der Waals surface area contributed by atoms with Crippen molar-refractivity contribution in [1.29, 1.82) is 0 Å². The third-order valence-electron chi connectivity index (χ3n) is 2.03. The Kier molecular flexibility index (Phi) is 3.52. The van der Waals surface area contributed by atoms with Crippen LogP contribution in [-0.4, -0.2) is 6.54 Å². The Balaban J connectivity index is 3.04. The summed E-state index contributed by atoms with van der Waals surface area (Å²) in [6, 6.07) is 3.66. The molecule has 82 valence electrons. The van der Waals surface area contributed by atoms with E-state index in [1.165, 1.54) is 6.07 Å². The number of rotatable bonds is 2. The Hall–Kier alpha value is -1.29. The molecule has 0 heterocycles. The zero-order chi connectivity index (χ0) is 11.5. The minimum absolute atomic E-state index is 0.375. The zero-order valence-corrected chi connectivity index (χ0v) is 8.31. The molecule has 0 saturated carbocycles. The van der Waals surface area contributed by atoms with Gasteiger partial charge in [0.25, 0.3) is 0 Å². The fourth-order valence-electron chi connectivity index (χ4n) is 1.23. The summed E-state index contributed by atoms with van der Waals surface area (Å²) >= 11 is 0. The van der Waals surface area contributed by atoms with Gasteiger partial charge in [-0.2, -0.15) is 13.2 Å². The molecule has 0 bridgehead atoms. The normalized spacial score (nSPS) is 12.3. The zero-order valence-electron chi connectivity index (χ0n) is 8.31. The number of hydrogen-bond donors (Lipinski definition) is 1. The third kappa shape index (κ3) is 3.09. The first kappa shape index (κ1) is 11.8. The van der Waals surface area contributed by atoms with Crippen LogP contribution in [0.15, 0.2) is 24.3 Å². The van der Waals surface area contributed by atoms with Crippen LogP contribution in [0.1, 0.15) is 16.7 Å². The number of alkyl halides is 3. The van der Waals surface area contributed by atoms with Gasteiger partial charge < -0.3 is 5.73 Å². The van der Waals surface area contributed by atoms with Gasteiger partial charge in [-0.25, -0.2) is 0 Å². The third-order valence-corrected chi connectivity index (χ3v) is 2.03. The Morgan fingerprint density at radius 2 is 2.00 bits per heavy atom. The molecule has 1 aromatic rings. The van der Waals surface area contributed by atoms with E-state index in [-0.39, 0.29) is 0 Å². The highest BCUT2D eigenvalue weighted by Crippen LogP contribution is 2.30. The molecule has 0 amide bonds. The van der Waals surface area contributed by atoms with Crippen LogP contribution < -0.4 is 5.73 Å². The number of aryl methyl sites for hydroxylation is 1. The van der Waals surface area contributed by atoms with E-state index in [0.717, 1.165) is 17.7 Å². The van der Waals surface area contributed by atoms with Crippen LogP contribution in [0.2, 0.25) is 0 Å². The Labute approximate surface area is 86.4 Å². The van der Waals surface area contributed by atoms with Gasteiger partial charge in [0.05, 0.1) is 5.56 Å². The van der Waals surface area contributed by atoms with Crippen molar-refractivity contribution >= 4 is 6.08 Å². The fourth-order valence-corrected chi connectivity index (χ4v) is 1.23. The Morgan fingerprint density at radius 1 is 1.33 bits per heavy atom. The van der Waals surface area contributed by atoms with Gasteiger partial charge in [0.2, 0.25) is 0 Å². The SMILES string of the molecule is Cc1cc(C(F)(F)F)ccc1/C=C/CN. The minimum Gasteiger partial charge on any atom is -0.327 e. The van der Waals surface area contributed by atoms with E-state index in [2.05, 4.69) is 0 Å². The van der Waals surface area contributed by atoms with Gasteiger partial charge in [-0.3, -0.25) is 0 Å². The lowest BCUT2D eigenvalue weighted by Crippen LogP contribution is -2.05. The summed E-state index contributed by atoms with van der Waals surface area (Å²) in [4.78, 5) is 0. The molecule has 0 aromatic heterocycles. The summed E-state index contributed by atoms with van der Waals surface area (Å²) in [6.45, 7) is 2.02. The van der Waals surface area contributed by atoms with Crippen molar-refractivity contribution in [3.8, 4) is 0 Å². The highest BCUT2D eigenvalue weighted by Gasteiger charge is 2.30. The van der Waals surface area contributed by atoms with E-state index in [1.807, 2.05) is 0 Å². The largest absolute Gasteiger partial charge is 0.416 e. The van der Waals surface area contributed by atoms with Crippen molar-refractivity contribution < 1.29 is 13.2 Å². The number of hydrogen-bond acceptors (Lipinski definition) is 1. The van der Waals surface area contributed by atoms with E-state index < -0.39 is 11.7 Å². The van der Waals surface area contributed by atoms with Crippen LogP contribution in [0.3, 0.4) is 0 Å². The molecule has 0 saturated heterocycles. The first-order valence-electron chi connectivity index (χ1n) is 4.49. The van der Waals surface area contributed by atoms with Gasteiger partial charge in [0.15, 0.2) is 0 Å². The quantitative estimate of drug-likeness (QED) is 0.806. The lowest BCUT2D eigenvalue weighted by atomic mass is 10.0. The second-order valence-corrected chi connectivity index (χ2v) is 3.21. The summed E-state index contributed by atoms with van der Waals surface area (Å²) in [5.41, 5.74) is 5.99. The molecule has 0 aliphatic carbocycles. The second-order valence-electron chi connectivity index (χ2n) is 3.21. The molecular weight excluding hydrogens is 203 g/mol. The molecule has 4 heteroatoms. The standard InChI is InChI=1S/C11H12F3N/c1-8-7-10(11(12,13)14)5-4-9(8)3-2-6-15/h2-5,7H,6,15H2,1H3/b3-2+. The molecule has 0 radical (unpaired) electrons. The summed E-state index contributed by atoms with van der Waals surface area (Å²) in [7, 11) is 0. The fraction of sp³-hybridized carbons (Fsp3) is 0.273. The monoisotopic (exact) mass is 215 g/mol. The first-order chi connectivity index (χ1) is 6.95. The number of halogens is 3. The van der Waals surface area contributed by atoms with Crippen molar-refractivity contribution in [1.82, 2.24) is 0 Å². The van der Waals surface area contributed by atoms with E-state index in [9.17, 15) is 13.2 Å². The topological polar surface area (TPSA) is 26.0 Å². The maximum atomic E-state index is 12.3. The predicted octanol–water partition coefficient (Wildman–Crippen LogP) is 2.99. The molecule has 0 atom stereocenters. The first-order valence-corrected chi connectivity index (χ1v) is 4.49. The summed E-state index contributed by atoms with van der Waals surface area (Å²) < 4.78 is 36.9. The van der Waals surface area contributed by atoms with Crippen LogP contribution >= 0.6 is 0 Å². The van der Waals surface area contributed by atoms with Crippen molar-refractivity contribution in [2.24, 2.45) is 5.73 Å². The molecule has 1 aromatic carbocycles. The Morgan fingerprint density at radius 3 is 2.47 bits per heavy atom. The highest BCUT2D eigenvalue weighted by molar-refractivity contribution is 5.54. The van der Waals surface area contributed by atoms with Crippen molar-refractivity contribution in [2.45, 2.75) is 13.1 Å². The molecule has 2 N–H and O–H groups in total. The van der Waals surface area contributed by atoms with Gasteiger partial charge in [0.1, 0.15) is 0 Å². The van der Waals surface area contributed by atoms with Crippen LogP contribution in [-0.2, 0) is 6.18 Å². The van der Waals surface area contributed by atoms with E-state index in [4.69, 9.17) is 5.73 Å². The maximum Gasteiger partial charge on any atom is 0.416 e. The van der Waals surface area contributed by atoms with Gasteiger partial charge in [0, 0.05) is 6.54 Å². The molecule has 0 fully saturated rings. The van der Waals surface area contributed by atoms with Gasteiger partial charge in [-0.05, 0) is 30.2 Å². The van der Waals surface area contributed by atoms with Crippen molar-refractivity contribution in [2.75, 3.05) is 6.54 Å². The predicted molar refractivity (Wildman–Crippen MR) is 54.3 cm³/mol. The lowest BCUT2D eigenvalue weighted by molar-refractivity contribution is -0.137. The van der Waals surface area contributed by atoms with Crippen LogP contribution in [0.5, 0.6) is 0 Å². The van der Waals surface area contributed by atoms with Gasteiger partial charge in [-0.1, -0.05) is 18.2 Å². The van der Waals surface area contributed by atoms with Crippen LogP contribution in [0.4, 0.5) is 13.2 Å². The molecule has 0 spiro atoms. The lowest BCUT2D eigenvalue weighted by Gasteiger charge is -2.08. The molecule has 1 rings (SSSR count). The molecule has 0 aliphatic rings. The number of nitrogens with two attached hydrogens (primary N) is 1. The molecule has 0 aliphatic heterocycles. The summed E-state index contributed by atoms with van der Waals surface area (Å²) in [6.07, 6.45) is -0.855. The maximum absolute atomic E-state index is 12.3. The Bertz CT molecular complexity index is 367. The summed E-state index contributed by atoms with van der Waals surface area (Å²) in [5, 5.41) is 0. The molecule has 1 nitrogen and oxygen atoms in total. The molecule has 15 heavy (non-hydrogen) atoms. The average molecular weight is 215 g/mol. The minimum atomic E-state index is -4.28.